The molecule has 4 rings (SSSR count). The van der Waals surface area contributed by atoms with Crippen LogP contribution in [0, 0.1) is 6.92 Å². The van der Waals surface area contributed by atoms with E-state index in [4.69, 9.17) is 11.6 Å². The highest BCUT2D eigenvalue weighted by Crippen LogP contribution is 2.43. The van der Waals surface area contributed by atoms with Crippen LogP contribution in [-0.4, -0.2) is 33.2 Å². The van der Waals surface area contributed by atoms with Crippen molar-refractivity contribution in [1.82, 2.24) is 5.32 Å². The maximum atomic E-state index is 13.3. The van der Waals surface area contributed by atoms with E-state index in [-0.39, 0.29) is 17.3 Å². The zero-order chi connectivity index (χ0) is 22.7. The van der Waals surface area contributed by atoms with Gasteiger partial charge in [-0.05, 0) is 36.8 Å². The maximum absolute atomic E-state index is 13.3. The van der Waals surface area contributed by atoms with Gasteiger partial charge in [-0.3, -0.25) is 9.10 Å². The van der Waals surface area contributed by atoms with Gasteiger partial charge in [-0.2, -0.15) is 11.8 Å². The molecule has 0 aliphatic carbocycles. The topological polar surface area (TPSA) is 66.5 Å². The number of hydrogen-bond donors (Lipinski definition) is 1. The number of aryl methyl sites for hydroxylation is 1. The molecule has 8 heteroatoms. The quantitative estimate of drug-likeness (QED) is 0.483. The molecule has 0 saturated heterocycles. The maximum Gasteiger partial charge on any atom is 0.265 e. The van der Waals surface area contributed by atoms with Crippen molar-refractivity contribution in [3.05, 3.63) is 82.9 Å². The van der Waals surface area contributed by atoms with Crippen molar-refractivity contribution in [3.63, 3.8) is 0 Å². The highest BCUT2D eigenvalue weighted by Gasteiger charge is 2.35. The molecule has 0 bridgehead atoms. The Morgan fingerprint density at radius 1 is 1.03 bits per heavy atom. The monoisotopic (exact) mass is 486 g/mol. The Morgan fingerprint density at radius 2 is 1.78 bits per heavy atom. The van der Waals surface area contributed by atoms with Gasteiger partial charge in [0.1, 0.15) is 6.54 Å². The van der Waals surface area contributed by atoms with Gasteiger partial charge in [0, 0.05) is 34.2 Å². The fourth-order valence-corrected chi connectivity index (χ4v) is 6.24. The number of sulfonamides is 1. The summed E-state index contributed by atoms with van der Waals surface area (Å²) in [6.45, 7) is 2.24. The van der Waals surface area contributed by atoms with Crippen LogP contribution in [-0.2, 0) is 20.6 Å². The molecule has 1 aliphatic rings. The number of rotatable bonds is 7. The summed E-state index contributed by atoms with van der Waals surface area (Å²) in [6.07, 6.45) is 0. The number of nitrogens with zero attached hydrogens (tertiary/aromatic N) is 1. The molecule has 0 atom stereocenters. The van der Waals surface area contributed by atoms with Gasteiger partial charge in [-0.1, -0.05) is 59.6 Å². The number of benzene rings is 3. The molecule has 1 aliphatic heterocycles. The van der Waals surface area contributed by atoms with Crippen LogP contribution in [0.4, 0.5) is 5.69 Å². The molecule has 0 spiro atoms. The van der Waals surface area contributed by atoms with E-state index in [0.29, 0.717) is 28.4 Å². The summed E-state index contributed by atoms with van der Waals surface area (Å²) in [6, 6.07) is 20.2. The van der Waals surface area contributed by atoms with Crippen molar-refractivity contribution in [1.29, 1.82) is 0 Å². The first kappa shape index (κ1) is 22.7. The number of amides is 1. The van der Waals surface area contributed by atoms with Crippen LogP contribution < -0.4 is 9.62 Å². The van der Waals surface area contributed by atoms with Crippen molar-refractivity contribution >= 4 is 45.0 Å². The second kappa shape index (κ2) is 9.57. The van der Waals surface area contributed by atoms with E-state index in [1.54, 1.807) is 54.2 Å². The largest absolute Gasteiger partial charge is 0.354 e. The van der Waals surface area contributed by atoms with Gasteiger partial charge >= 0.3 is 0 Å². The smallest absolute Gasteiger partial charge is 0.265 e. The van der Waals surface area contributed by atoms with Gasteiger partial charge in [0.05, 0.1) is 10.6 Å². The van der Waals surface area contributed by atoms with Crippen LogP contribution >= 0.6 is 23.4 Å². The number of halogens is 1. The summed E-state index contributed by atoms with van der Waals surface area (Å²) < 4.78 is 27.7. The minimum Gasteiger partial charge on any atom is -0.354 e. The van der Waals surface area contributed by atoms with Crippen molar-refractivity contribution < 1.29 is 13.2 Å². The van der Waals surface area contributed by atoms with Gasteiger partial charge in [0.15, 0.2) is 0 Å². The van der Waals surface area contributed by atoms with E-state index in [0.717, 1.165) is 15.8 Å². The summed E-state index contributed by atoms with van der Waals surface area (Å²) in [5.74, 6) is 1.26. The number of fused-ring (bicyclic) bond motifs is 3. The Hall–Kier alpha value is -2.48. The average molecular weight is 487 g/mol. The third-order valence-electron chi connectivity index (χ3n) is 5.22. The number of hydrogen-bond acceptors (Lipinski definition) is 4. The van der Waals surface area contributed by atoms with Gasteiger partial charge in [0.2, 0.25) is 5.91 Å². The molecule has 0 unspecified atom stereocenters. The molecule has 3 aromatic rings. The molecule has 0 saturated carbocycles. The molecule has 1 amide bonds. The van der Waals surface area contributed by atoms with Crippen LogP contribution in [0.15, 0.2) is 71.6 Å². The zero-order valence-electron chi connectivity index (χ0n) is 17.5. The molecule has 32 heavy (non-hydrogen) atoms. The second-order valence-electron chi connectivity index (χ2n) is 7.56. The van der Waals surface area contributed by atoms with Crippen LogP contribution in [0.5, 0.6) is 0 Å². The third kappa shape index (κ3) is 4.80. The molecule has 0 fully saturated rings. The Morgan fingerprint density at radius 3 is 2.56 bits per heavy atom. The Balaban J connectivity index is 1.41. The first-order valence-corrected chi connectivity index (χ1v) is 13.2. The highest BCUT2D eigenvalue weighted by atomic mass is 35.5. The second-order valence-corrected chi connectivity index (χ2v) is 10.9. The number of carbonyl (C=O) groups excluding carboxylic acids is 1. The van der Waals surface area contributed by atoms with Crippen molar-refractivity contribution in [3.8, 4) is 11.1 Å². The standard InChI is InChI=1S/C24H23ClN2O3S2/c1-17-6-8-18(9-7-17)16-31-13-12-26-24(28)15-27-22-11-10-19(25)14-21(22)20-4-2-3-5-23(20)32(27,29)30/h2-11,14H,12-13,15-16H2,1H3,(H,26,28). The molecule has 0 aromatic heterocycles. The van der Waals surface area contributed by atoms with E-state index >= 15 is 0 Å². The molecule has 3 aromatic carbocycles. The number of nitrogens with one attached hydrogen (secondary N) is 1. The van der Waals surface area contributed by atoms with E-state index < -0.39 is 10.0 Å². The average Bonchev–Trinajstić information content (AvgIpc) is 2.78. The fourth-order valence-electron chi connectivity index (χ4n) is 3.60. The lowest BCUT2D eigenvalue weighted by atomic mass is 10.0. The van der Waals surface area contributed by atoms with E-state index in [2.05, 4.69) is 36.5 Å². The fraction of sp³-hybridized carbons (Fsp3) is 0.208. The molecular formula is C24H23ClN2O3S2. The molecule has 1 heterocycles. The summed E-state index contributed by atoms with van der Waals surface area (Å²) in [5, 5.41) is 3.34. The third-order valence-corrected chi connectivity index (χ3v) is 8.30. The minimum atomic E-state index is -3.85. The lowest BCUT2D eigenvalue weighted by molar-refractivity contribution is -0.119. The number of thioether (sulfide) groups is 1. The predicted octanol–water partition coefficient (Wildman–Crippen LogP) is 4.87. The minimum absolute atomic E-state index is 0.177. The van der Waals surface area contributed by atoms with Crippen LogP contribution in [0.25, 0.3) is 11.1 Å². The van der Waals surface area contributed by atoms with Gasteiger partial charge < -0.3 is 5.32 Å². The molecule has 1 N–H and O–H groups in total. The van der Waals surface area contributed by atoms with E-state index in [1.165, 1.54) is 11.1 Å². The highest BCUT2D eigenvalue weighted by molar-refractivity contribution is 7.98. The predicted molar refractivity (Wildman–Crippen MR) is 132 cm³/mol. The lowest BCUT2D eigenvalue weighted by Gasteiger charge is -2.31. The van der Waals surface area contributed by atoms with Gasteiger partial charge in [-0.25, -0.2) is 8.42 Å². The molecule has 0 radical (unpaired) electrons. The Labute approximate surface area is 197 Å². The van der Waals surface area contributed by atoms with Crippen molar-refractivity contribution in [2.45, 2.75) is 17.6 Å². The summed E-state index contributed by atoms with van der Waals surface area (Å²) >= 11 is 7.89. The Kier molecular flexibility index (Phi) is 6.79. The first-order valence-electron chi connectivity index (χ1n) is 10.2. The van der Waals surface area contributed by atoms with Gasteiger partial charge in [-0.15, -0.1) is 0 Å². The lowest BCUT2D eigenvalue weighted by Crippen LogP contribution is -2.43. The summed E-state index contributed by atoms with van der Waals surface area (Å²) in [4.78, 5) is 12.8. The molecule has 166 valence electrons. The molecule has 5 nitrogen and oxygen atoms in total. The van der Waals surface area contributed by atoms with Crippen LogP contribution in [0.1, 0.15) is 11.1 Å². The number of carbonyl (C=O) groups is 1. The first-order chi connectivity index (χ1) is 15.4. The summed E-state index contributed by atoms with van der Waals surface area (Å²) in [5.41, 5.74) is 4.21. The summed E-state index contributed by atoms with van der Waals surface area (Å²) in [7, 11) is -3.85. The number of anilines is 1. The SMILES string of the molecule is Cc1ccc(CSCCNC(=O)CN2c3ccc(Cl)cc3-c3ccccc3S2(=O)=O)cc1. The zero-order valence-corrected chi connectivity index (χ0v) is 19.9. The van der Waals surface area contributed by atoms with E-state index in [9.17, 15) is 13.2 Å². The van der Waals surface area contributed by atoms with Crippen LogP contribution in [0.3, 0.4) is 0 Å². The van der Waals surface area contributed by atoms with Gasteiger partial charge in [0.25, 0.3) is 10.0 Å². The Bertz CT molecular complexity index is 1240. The molecular weight excluding hydrogens is 464 g/mol. The van der Waals surface area contributed by atoms with Crippen LogP contribution in [0.2, 0.25) is 5.02 Å². The van der Waals surface area contributed by atoms with Crippen molar-refractivity contribution in [2.24, 2.45) is 0 Å². The van der Waals surface area contributed by atoms with Crippen molar-refractivity contribution in [2.75, 3.05) is 23.1 Å². The van der Waals surface area contributed by atoms with E-state index in [1.807, 2.05) is 0 Å². The normalized spacial score (nSPS) is 13.9.